The molecular formula is C21H18Cl2O4. The minimum Gasteiger partial charge on any atom is -0.489 e. The Hall–Kier alpha value is -2.61. The van der Waals surface area contributed by atoms with Crippen LogP contribution in [0.2, 0.25) is 10.0 Å². The monoisotopic (exact) mass is 404 g/mol. The van der Waals surface area contributed by atoms with E-state index in [1.165, 1.54) is 0 Å². The second-order valence-electron chi connectivity index (χ2n) is 5.60. The van der Waals surface area contributed by atoms with E-state index in [0.29, 0.717) is 17.1 Å². The summed E-state index contributed by atoms with van der Waals surface area (Å²) in [6, 6.07) is 10.3. The van der Waals surface area contributed by atoms with Gasteiger partial charge in [-0.1, -0.05) is 59.5 Å². The van der Waals surface area contributed by atoms with Gasteiger partial charge in [-0.3, -0.25) is 0 Å². The molecule has 2 aromatic rings. The third-order valence-electron chi connectivity index (χ3n) is 3.72. The number of carbonyl (C=O) groups is 1. The van der Waals surface area contributed by atoms with Gasteiger partial charge in [0.1, 0.15) is 12.4 Å². The highest BCUT2D eigenvalue weighted by Gasteiger charge is 2.15. The molecule has 0 saturated heterocycles. The minimum absolute atomic E-state index is 0.147. The van der Waals surface area contributed by atoms with Crippen molar-refractivity contribution in [3.05, 3.63) is 63.6 Å². The lowest BCUT2D eigenvalue weighted by Crippen LogP contribution is -2.09. The van der Waals surface area contributed by atoms with Crippen molar-refractivity contribution in [1.29, 1.82) is 0 Å². The van der Waals surface area contributed by atoms with E-state index < -0.39 is 12.1 Å². The van der Waals surface area contributed by atoms with Gasteiger partial charge in [0.25, 0.3) is 0 Å². The van der Waals surface area contributed by atoms with E-state index >= 15 is 0 Å². The van der Waals surface area contributed by atoms with Crippen molar-refractivity contribution < 1.29 is 19.4 Å². The first kappa shape index (κ1) is 20.7. The van der Waals surface area contributed by atoms with Crippen molar-refractivity contribution in [2.24, 2.45) is 0 Å². The number of benzene rings is 2. The second-order valence-corrected chi connectivity index (χ2v) is 6.41. The summed E-state index contributed by atoms with van der Waals surface area (Å²) in [6.45, 7) is 3.53. The van der Waals surface area contributed by atoms with Crippen LogP contribution in [0.1, 0.15) is 25.0 Å². The van der Waals surface area contributed by atoms with E-state index in [9.17, 15) is 9.90 Å². The van der Waals surface area contributed by atoms with Crippen LogP contribution in [0.3, 0.4) is 0 Å². The molecule has 0 bridgehead atoms. The maximum Gasteiger partial charge on any atom is 0.335 e. The van der Waals surface area contributed by atoms with Crippen LogP contribution in [0.15, 0.2) is 42.5 Å². The van der Waals surface area contributed by atoms with Gasteiger partial charge < -0.3 is 14.6 Å². The van der Waals surface area contributed by atoms with Crippen molar-refractivity contribution in [3.8, 4) is 23.8 Å². The number of carboxylic acid groups (broad SMARTS) is 1. The number of hydrogen-bond donors (Lipinski definition) is 1. The Morgan fingerprint density at radius 1 is 1.30 bits per heavy atom. The van der Waals surface area contributed by atoms with Gasteiger partial charge in [-0.15, -0.1) is 6.42 Å². The highest BCUT2D eigenvalue weighted by molar-refractivity contribution is 6.37. The van der Waals surface area contributed by atoms with Crippen molar-refractivity contribution in [2.45, 2.75) is 26.6 Å². The van der Waals surface area contributed by atoms with Gasteiger partial charge in [-0.25, -0.2) is 4.79 Å². The molecule has 1 N–H and O–H groups in total. The van der Waals surface area contributed by atoms with Gasteiger partial charge in [-0.2, -0.15) is 0 Å². The number of ether oxygens (including phenoxy) is 2. The first-order valence-electron chi connectivity index (χ1n) is 8.09. The van der Waals surface area contributed by atoms with E-state index in [0.717, 1.165) is 5.56 Å². The van der Waals surface area contributed by atoms with Gasteiger partial charge in [0.15, 0.2) is 11.9 Å². The zero-order valence-electron chi connectivity index (χ0n) is 14.8. The summed E-state index contributed by atoms with van der Waals surface area (Å²) in [5, 5.41) is 9.90. The molecule has 0 aliphatic rings. The van der Waals surface area contributed by atoms with E-state index in [1.807, 2.05) is 6.07 Å². The van der Waals surface area contributed by atoms with E-state index in [1.54, 1.807) is 50.3 Å². The molecule has 0 radical (unpaired) electrons. The number of carboxylic acids is 1. The molecule has 4 nitrogen and oxygen atoms in total. The molecule has 0 saturated carbocycles. The number of aliphatic carboxylic acids is 1. The molecule has 0 amide bonds. The van der Waals surface area contributed by atoms with Crippen LogP contribution in [0.5, 0.6) is 11.5 Å². The molecule has 0 aliphatic carbocycles. The van der Waals surface area contributed by atoms with Crippen LogP contribution >= 0.6 is 23.2 Å². The lowest BCUT2D eigenvalue weighted by Gasteiger charge is -2.15. The highest BCUT2D eigenvalue weighted by atomic mass is 35.5. The van der Waals surface area contributed by atoms with Crippen molar-refractivity contribution >= 4 is 34.7 Å². The Balaban J connectivity index is 2.24. The Kier molecular flexibility index (Phi) is 7.18. The Labute approximate surface area is 168 Å². The van der Waals surface area contributed by atoms with Gasteiger partial charge >= 0.3 is 5.97 Å². The maximum atomic E-state index is 11.4. The molecule has 0 aliphatic heterocycles. The summed E-state index contributed by atoms with van der Waals surface area (Å²) >= 11 is 12.4. The molecule has 0 heterocycles. The Morgan fingerprint density at radius 2 is 1.93 bits per heavy atom. The number of rotatable bonds is 7. The molecule has 6 heteroatoms. The number of hydrogen-bond acceptors (Lipinski definition) is 3. The third-order valence-corrected chi connectivity index (χ3v) is 4.28. The van der Waals surface area contributed by atoms with Crippen LogP contribution in [-0.4, -0.2) is 17.2 Å². The van der Waals surface area contributed by atoms with E-state index in [-0.39, 0.29) is 22.2 Å². The Morgan fingerprint density at radius 3 is 2.48 bits per heavy atom. The molecule has 2 aromatic carbocycles. The van der Waals surface area contributed by atoms with Crippen LogP contribution in [0.4, 0.5) is 0 Å². The highest BCUT2D eigenvalue weighted by Crippen LogP contribution is 2.37. The maximum absolute atomic E-state index is 11.4. The van der Waals surface area contributed by atoms with Gasteiger partial charge in [-0.05, 0) is 25.0 Å². The largest absolute Gasteiger partial charge is 0.489 e. The van der Waals surface area contributed by atoms with Crippen molar-refractivity contribution in [1.82, 2.24) is 0 Å². The fourth-order valence-electron chi connectivity index (χ4n) is 2.41. The molecule has 0 aromatic heterocycles. The number of allylic oxidation sites excluding steroid dienone is 1. The van der Waals surface area contributed by atoms with Crippen LogP contribution in [-0.2, 0) is 11.4 Å². The molecule has 27 heavy (non-hydrogen) atoms. The average Bonchev–Trinajstić information content (AvgIpc) is 2.64. The third kappa shape index (κ3) is 5.19. The standard InChI is InChI=1S/C21H18Cl2O4/c1-4-13(3)27-20-18(22)10-15(11-19(20)23)26-12-14-8-6-7-9-17(14)16(5-2)21(24)25/h1,5-11,13H,12H2,2-3H3,(H,24,25)/b16-5+. The quantitative estimate of drug-likeness (QED) is 0.491. The van der Waals surface area contributed by atoms with Crippen LogP contribution in [0, 0.1) is 12.3 Å². The lowest BCUT2D eigenvalue weighted by atomic mass is 10.00. The average molecular weight is 405 g/mol. The summed E-state index contributed by atoms with van der Waals surface area (Å²) in [7, 11) is 0. The summed E-state index contributed by atoms with van der Waals surface area (Å²) in [6.07, 6.45) is 6.37. The van der Waals surface area contributed by atoms with E-state index in [2.05, 4.69) is 5.92 Å². The predicted molar refractivity (Wildman–Crippen MR) is 107 cm³/mol. The topological polar surface area (TPSA) is 55.8 Å². The molecule has 140 valence electrons. The minimum atomic E-state index is -1.000. The SMILES string of the molecule is C#CC(C)Oc1c(Cl)cc(OCc2ccccc2/C(=C\C)C(=O)O)cc1Cl. The summed E-state index contributed by atoms with van der Waals surface area (Å²) in [5.41, 5.74) is 1.52. The van der Waals surface area contributed by atoms with Crippen LogP contribution in [0.25, 0.3) is 5.57 Å². The lowest BCUT2D eigenvalue weighted by molar-refractivity contribution is -0.130. The second kappa shape index (κ2) is 9.36. The summed E-state index contributed by atoms with van der Waals surface area (Å²) < 4.78 is 11.3. The van der Waals surface area contributed by atoms with Gasteiger partial charge in [0.05, 0.1) is 15.6 Å². The number of terminal acetylenes is 1. The number of halogens is 2. The molecule has 2 rings (SSSR count). The predicted octanol–water partition coefficient (Wildman–Crippen LogP) is 5.46. The van der Waals surface area contributed by atoms with Crippen LogP contribution < -0.4 is 9.47 Å². The molecule has 1 unspecified atom stereocenters. The normalized spacial score (nSPS) is 12.2. The van der Waals surface area contributed by atoms with Gasteiger partial charge in [0.2, 0.25) is 0 Å². The Bertz CT molecular complexity index is 890. The first-order chi connectivity index (χ1) is 12.9. The smallest absolute Gasteiger partial charge is 0.335 e. The molecule has 0 spiro atoms. The molecule has 0 fully saturated rings. The summed E-state index contributed by atoms with van der Waals surface area (Å²) in [4.78, 5) is 11.4. The van der Waals surface area contributed by atoms with Crippen molar-refractivity contribution in [3.63, 3.8) is 0 Å². The first-order valence-corrected chi connectivity index (χ1v) is 8.85. The summed E-state index contributed by atoms with van der Waals surface area (Å²) in [5.74, 6) is 2.16. The zero-order chi connectivity index (χ0) is 20.0. The fraction of sp³-hybridized carbons (Fsp3) is 0.190. The van der Waals surface area contributed by atoms with E-state index in [4.69, 9.17) is 39.1 Å². The fourth-order valence-corrected chi connectivity index (χ4v) is 2.96. The zero-order valence-corrected chi connectivity index (χ0v) is 16.3. The van der Waals surface area contributed by atoms with Crippen molar-refractivity contribution in [2.75, 3.05) is 0 Å². The molecular weight excluding hydrogens is 387 g/mol. The molecule has 1 atom stereocenters. The van der Waals surface area contributed by atoms with Gasteiger partial charge in [0, 0.05) is 12.1 Å².